The summed E-state index contributed by atoms with van der Waals surface area (Å²) in [5.74, 6) is 0.864. The van der Waals surface area contributed by atoms with Gasteiger partial charge in [0.15, 0.2) is 0 Å². The molecule has 0 radical (unpaired) electrons. The minimum absolute atomic E-state index is 0.581. The summed E-state index contributed by atoms with van der Waals surface area (Å²) in [6, 6.07) is 0.581. The van der Waals surface area contributed by atoms with E-state index in [0.29, 0.717) is 6.04 Å². The van der Waals surface area contributed by atoms with Gasteiger partial charge in [-0.3, -0.25) is 0 Å². The lowest BCUT2D eigenvalue weighted by Gasteiger charge is -2.14. The highest BCUT2D eigenvalue weighted by molar-refractivity contribution is 4.74. The third-order valence-corrected chi connectivity index (χ3v) is 2.28. The van der Waals surface area contributed by atoms with Gasteiger partial charge in [-0.1, -0.05) is 6.92 Å². The van der Waals surface area contributed by atoms with Gasteiger partial charge in [-0.25, -0.2) is 0 Å². The molecule has 1 saturated heterocycles. The Labute approximate surface area is 63.2 Å². The Morgan fingerprint density at radius 1 is 1.60 bits per heavy atom. The SMILES string of the molecule is CC1CCCNC(CN)C1. The lowest BCUT2D eigenvalue weighted by Crippen LogP contribution is -2.35. The van der Waals surface area contributed by atoms with Crippen molar-refractivity contribution < 1.29 is 0 Å². The maximum absolute atomic E-state index is 5.57. The Balaban J connectivity index is 2.30. The number of nitrogens with one attached hydrogen (secondary N) is 1. The summed E-state index contributed by atoms with van der Waals surface area (Å²) >= 11 is 0. The average molecular weight is 142 g/mol. The predicted molar refractivity (Wildman–Crippen MR) is 43.9 cm³/mol. The van der Waals surface area contributed by atoms with Crippen molar-refractivity contribution >= 4 is 0 Å². The van der Waals surface area contributed by atoms with Gasteiger partial charge in [-0.05, 0) is 31.7 Å². The van der Waals surface area contributed by atoms with Crippen LogP contribution in [0.3, 0.4) is 0 Å². The lowest BCUT2D eigenvalue weighted by molar-refractivity contribution is 0.444. The summed E-state index contributed by atoms with van der Waals surface area (Å²) in [4.78, 5) is 0. The van der Waals surface area contributed by atoms with Gasteiger partial charge in [0, 0.05) is 12.6 Å². The van der Waals surface area contributed by atoms with E-state index < -0.39 is 0 Å². The normalized spacial score (nSPS) is 35.4. The van der Waals surface area contributed by atoms with Crippen LogP contribution >= 0.6 is 0 Å². The zero-order valence-electron chi connectivity index (χ0n) is 6.77. The summed E-state index contributed by atoms with van der Waals surface area (Å²) in [5, 5.41) is 3.44. The van der Waals surface area contributed by atoms with Gasteiger partial charge in [0.25, 0.3) is 0 Å². The van der Waals surface area contributed by atoms with Gasteiger partial charge in [0.2, 0.25) is 0 Å². The topological polar surface area (TPSA) is 38.0 Å². The summed E-state index contributed by atoms with van der Waals surface area (Å²) < 4.78 is 0. The molecule has 2 nitrogen and oxygen atoms in total. The zero-order valence-corrected chi connectivity index (χ0v) is 6.77. The van der Waals surface area contributed by atoms with Crippen LogP contribution in [-0.2, 0) is 0 Å². The monoisotopic (exact) mass is 142 g/mol. The largest absolute Gasteiger partial charge is 0.329 e. The van der Waals surface area contributed by atoms with Crippen LogP contribution in [0.2, 0.25) is 0 Å². The van der Waals surface area contributed by atoms with Crippen LogP contribution in [0.4, 0.5) is 0 Å². The fourth-order valence-electron chi connectivity index (χ4n) is 1.62. The molecule has 0 bridgehead atoms. The van der Waals surface area contributed by atoms with Gasteiger partial charge in [-0.15, -0.1) is 0 Å². The lowest BCUT2D eigenvalue weighted by atomic mass is 9.99. The predicted octanol–water partition coefficient (Wildman–Crippen LogP) is 0.723. The van der Waals surface area contributed by atoms with Gasteiger partial charge < -0.3 is 11.1 Å². The van der Waals surface area contributed by atoms with Crippen LogP contribution in [0, 0.1) is 5.92 Å². The van der Waals surface area contributed by atoms with Crippen LogP contribution < -0.4 is 11.1 Å². The van der Waals surface area contributed by atoms with Crippen molar-refractivity contribution in [3.05, 3.63) is 0 Å². The van der Waals surface area contributed by atoms with E-state index >= 15 is 0 Å². The second-order valence-electron chi connectivity index (χ2n) is 3.37. The summed E-state index contributed by atoms with van der Waals surface area (Å²) in [5.41, 5.74) is 5.57. The van der Waals surface area contributed by atoms with Crippen molar-refractivity contribution in [1.29, 1.82) is 0 Å². The van der Waals surface area contributed by atoms with E-state index in [1.807, 2.05) is 0 Å². The molecule has 1 heterocycles. The Bertz CT molecular complexity index is 93.3. The van der Waals surface area contributed by atoms with Crippen LogP contribution in [-0.4, -0.2) is 19.1 Å². The number of hydrogen-bond donors (Lipinski definition) is 2. The van der Waals surface area contributed by atoms with Crippen molar-refractivity contribution in [2.24, 2.45) is 11.7 Å². The maximum Gasteiger partial charge on any atom is 0.0192 e. The molecular weight excluding hydrogens is 124 g/mol. The van der Waals surface area contributed by atoms with Crippen LogP contribution in [0.15, 0.2) is 0 Å². The first kappa shape index (κ1) is 8.02. The third kappa shape index (κ3) is 2.27. The number of hydrogen-bond acceptors (Lipinski definition) is 2. The fourth-order valence-corrected chi connectivity index (χ4v) is 1.62. The highest BCUT2D eigenvalue weighted by Crippen LogP contribution is 2.15. The molecule has 0 aromatic heterocycles. The molecule has 2 unspecified atom stereocenters. The third-order valence-electron chi connectivity index (χ3n) is 2.28. The number of nitrogens with two attached hydrogens (primary N) is 1. The Hall–Kier alpha value is -0.0800. The summed E-state index contributed by atoms with van der Waals surface area (Å²) in [6.45, 7) is 4.27. The van der Waals surface area contributed by atoms with Crippen LogP contribution in [0.25, 0.3) is 0 Å². The van der Waals surface area contributed by atoms with E-state index in [9.17, 15) is 0 Å². The Kier molecular flexibility index (Phi) is 3.16. The molecule has 2 heteroatoms. The molecule has 3 N–H and O–H groups in total. The van der Waals surface area contributed by atoms with E-state index in [1.165, 1.54) is 19.3 Å². The molecule has 2 atom stereocenters. The molecule has 0 aliphatic carbocycles. The molecule has 1 fully saturated rings. The molecular formula is C8H18N2. The standard InChI is InChI=1S/C8H18N2/c1-7-3-2-4-10-8(5-7)6-9/h7-8,10H,2-6,9H2,1H3. The zero-order chi connectivity index (χ0) is 7.40. The molecule has 0 amide bonds. The maximum atomic E-state index is 5.57. The molecule has 1 aliphatic heterocycles. The molecule has 0 spiro atoms. The highest BCUT2D eigenvalue weighted by Gasteiger charge is 2.14. The van der Waals surface area contributed by atoms with Gasteiger partial charge in [0.1, 0.15) is 0 Å². The first-order valence-electron chi connectivity index (χ1n) is 4.26. The highest BCUT2D eigenvalue weighted by atomic mass is 14.9. The molecule has 0 aromatic carbocycles. The molecule has 0 aromatic rings. The quantitative estimate of drug-likeness (QED) is 0.566. The molecule has 1 rings (SSSR count). The smallest absolute Gasteiger partial charge is 0.0192 e. The number of rotatable bonds is 1. The van der Waals surface area contributed by atoms with Crippen LogP contribution in [0.5, 0.6) is 0 Å². The van der Waals surface area contributed by atoms with Crippen molar-refractivity contribution in [2.45, 2.75) is 32.2 Å². The van der Waals surface area contributed by atoms with E-state index in [2.05, 4.69) is 12.2 Å². The van der Waals surface area contributed by atoms with Crippen molar-refractivity contribution in [1.82, 2.24) is 5.32 Å². The minimum Gasteiger partial charge on any atom is -0.329 e. The molecule has 10 heavy (non-hydrogen) atoms. The van der Waals surface area contributed by atoms with Gasteiger partial charge in [-0.2, -0.15) is 0 Å². The van der Waals surface area contributed by atoms with Crippen molar-refractivity contribution in [2.75, 3.05) is 13.1 Å². The van der Waals surface area contributed by atoms with E-state index in [4.69, 9.17) is 5.73 Å². The fraction of sp³-hybridized carbons (Fsp3) is 1.00. The second-order valence-corrected chi connectivity index (χ2v) is 3.37. The second kappa shape index (κ2) is 3.94. The average Bonchev–Trinajstić information content (AvgIpc) is 2.13. The van der Waals surface area contributed by atoms with Crippen molar-refractivity contribution in [3.63, 3.8) is 0 Å². The molecule has 1 aliphatic rings. The van der Waals surface area contributed by atoms with E-state index in [-0.39, 0.29) is 0 Å². The van der Waals surface area contributed by atoms with E-state index in [0.717, 1.165) is 19.0 Å². The molecule has 0 saturated carbocycles. The first-order valence-corrected chi connectivity index (χ1v) is 4.26. The van der Waals surface area contributed by atoms with Crippen LogP contribution in [0.1, 0.15) is 26.2 Å². The van der Waals surface area contributed by atoms with E-state index in [1.54, 1.807) is 0 Å². The summed E-state index contributed by atoms with van der Waals surface area (Å²) in [7, 11) is 0. The first-order chi connectivity index (χ1) is 4.83. The Morgan fingerprint density at radius 3 is 3.10 bits per heavy atom. The molecule has 60 valence electrons. The van der Waals surface area contributed by atoms with Gasteiger partial charge >= 0.3 is 0 Å². The Morgan fingerprint density at radius 2 is 2.40 bits per heavy atom. The van der Waals surface area contributed by atoms with Crippen molar-refractivity contribution in [3.8, 4) is 0 Å². The minimum atomic E-state index is 0.581. The van der Waals surface area contributed by atoms with Gasteiger partial charge in [0.05, 0.1) is 0 Å². The summed E-state index contributed by atoms with van der Waals surface area (Å²) in [6.07, 6.45) is 3.94.